The Hall–Kier alpha value is -1.82. The monoisotopic (exact) mass is 266 g/mol. The zero-order valence-electron chi connectivity index (χ0n) is 9.72. The minimum Gasteiger partial charge on any atom is -0.481 e. The van der Waals surface area contributed by atoms with Crippen LogP contribution in [-0.2, 0) is 12.8 Å². The summed E-state index contributed by atoms with van der Waals surface area (Å²) in [6.07, 6.45) is 4.62. The molecule has 2 aromatic heterocycles. The van der Waals surface area contributed by atoms with Gasteiger partial charge in [-0.2, -0.15) is 0 Å². The number of hydrogen-bond donors (Lipinski definition) is 0. The van der Waals surface area contributed by atoms with Crippen LogP contribution in [0.2, 0.25) is 0 Å². The quantitative estimate of drug-likeness (QED) is 0.779. The fraction of sp³-hybridized carbons (Fsp3) is 0.250. The van der Waals surface area contributed by atoms with Crippen molar-refractivity contribution in [1.82, 2.24) is 9.97 Å². The molecule has 0 aromatic carbocycles. The highest BCUT2D eigenvalue weighted by Gasteiger charge is 2.08. The van der Waals surface area contributed by atoms with Gasteiger partial charge < -0.3 is 4.74 Å². The first-order valence-electron chi connectivity index (χ1n) is 5.31. The number of aryl methyl sites for hydroxylation is 2. The Labute approximate surface area is 107 Å². The fourth-order valence-electron chi connectivity index (χ4n) is 1.57. The summed E-state index contributed by atoms with van der Waals surface area (Å²) in [4.78, 5) is 19.1. The summed E-state index contributed by atoms with van der Waals surface area (Å²) in [5, 5.41) is 0.836. The van der Waals surface area contributed by atoms with Crippen molar-refractivity contribution in [1.29, 1.82) is 0 Å². The second-order valence-electron chi connectivity index (χ2n) is 3.60. The van der Waals surface area contributed by atoms with E-state index in [2.05, 4.69) is 9.97 Å². The third kappa shape index (κ3) is 2.89. The molecule has 2 rings (SSSR count). The predicted molar refractivity (Wildman–Crippen MR) is 65.7 cm³/mol. The highest BCUT2D eigenvalue weighted by molar-refractivity contribution is 7.13. The minimum absolute atomic E-state index is 0.390. The number of halogens is 1. The van der Waals surface area contributed by atoms with E-state index < -0.39 is 5.82 Å². The Bertz CT molecular complexity index is 557. The highest BCUT2D eigenvalue weighted by atomic mass is 32.1. The fourth-order valence-corrected chi connectivity index (χ4v) is 2.30. The van der Waals surface area contributed by atoms with Crippen LogP contribution in [0.3, 0.4) is 0 Å². The van der Waals surface area contributed by atoms with Crippen LogP contribution in [0, 0.1) is 5.82 Å². The third-order valence-electron chi connectivity index (χ3n) is 2.38. The van der Waals surface area contributed by atoms with Crippen molar-refractivity contribution in [2.24, 2.45) is 0 Å². The van der Waals surface area contributed by atoms with Crippen molar-refractivity contribution in [3.8, 4) is 5.88 Å². The molecule has 0 saturated heterocycles. The molecule has 0 spiro atoms. The molecule has 2 aromatic rings. The summed E-state index contributed by atoms with van der Waals surface area (Å²) in [5.41, 5.74) is 0.695. The Morgan fingerprint density at radius 2 is 2.22 bits per heavy atom. The van der Waals surface area contributed by atoms with Crippen molar-refractivity contribution < 1.29 is 13.9 Å². The first kappa shape index (κ1) is 12.6. The number of ether oxygens (including phenoxy) is 1. The average Bonchev–Trinajstić information content (AvgIpc) is 2.84. The summed E-state index contributed by atoms with van der Waals surface area (Å²) >= 11 is 1.34. The van der Waals surface area contributed by atoms with E-state index in [1.807, 2.05) is 0 Å². The van der Waals surface area contributed by atoms with Crippen LogP contribution >= 0.6 is 11.3 Å². The van der Waals surface area contributed by atoms with Gasteiger partial charge >= 0.3 is 0 Å². The summed E-state index contributed by atoms with van der Waals surface area (Å²) in [5.74, 6) is 0.0297. The molecule has 0 radical (unpaired) electrons. The second-order valence-corrected chi connectivity index (χ2v) is 4.74. The molecule has 0 amide bonds. The molecule has 4 nitrogen and oxygen atoms in total. The molecule has 0 N–H and O–H groups in total. The van der Waals surface area contributed by atoms with Gasteiger partial charge in [0.2, 0.25) is 5.88 Å². The smallest absolute Gasteiger partial charge is 0.216 e. The lowest BCUT2D eigenvalue weighted by Gasteiger charge is -2.05. The zero-order chi connectivity index (χ0) is 13.0. The van der Waals surface area contributed by atoms with Crippen molar-refractivity contribution in [2.45, 2.75) is 12.8 Å². The SMILES string of the molecule is COc1ncc(F)cc1CCc1ncc(C=O)s1. The van der Waals surface area contributed by atoms with E-state index in [0.717, 1.165) is 17.5 Å². The number of carbonyl (C=O) groups excluding carboxylic acids is 1. The lowest BCUT2D eigenvalue weighted by atomic mass is 10.1. The van der Waals surface area contributed by atoms with Crippen molar-refractivity contribution in [3.63, 3.8) is 0 Å². The summed E-state index contributed by atoms with van der Waals surface area (Å²) in [7, 11) is 1.50. The molecule has 0 aliphatic rings. The normalized spacial score (nSPS) is 10.3. The van der Waals surface area contributed by atoms with Gasteiger partial charge in [-0.1, -0.05) is 0 Å². The van der Waals surface area contributed by atoms with Crippen molar-refractivity contribution in [2.75, 3.05) is 7.11 Å². The maximum Gasteiger partial charge on any atom is 0.216 e. The first-order chi connectivity index (χ1) is 8.72. The Balaban J connectivity index is 2.09. The summed E-state index contributed by atoms with van der Waals surface area (Å²) < 4.78 is 18.2. The van der Waals surface area contributed by atoms with Crippen LogP contribution in [0.4, 0.5) is 4.39 Å². The maximum atomic E-state index is 13.1. The standard InChI is InChI=1S/C12H11FN2O2S/c1-17-12-8(4-9(13)5-15-12)2-3-11-14-6-10(7-16)18-11/h4-7H,2-3H2,1H3. The van der Waals surface area contributed by atoms with Gasteiger partial charge in [-0.05, 0) is 12.5 Å². The van der Waals surface area contributed by atoms with Gasteiger partial charge in [0.15, 0.2) is 6.29 Å². The first-order valence-corrected chi connectivity index (χ1v) is 6.13. The molecule has 2 heterocycles. The number of hydrogen-bond acceptors (Lipinski definition) is 5. The number of carbonyl (C=O) groups is 1. The van der Waals surface area contributed by atoms with Crippen LogP contribution in [0.15, 0.2) is 18.5 Å². The highest BCUT2D eigenvalue weighted by Crippen LogP contribution is 2.19. The minimum atomic E-state index is -0.390. The van der Waals surface area contributed by atoms with Gasteiger partial charge in [0, 0.05) is 18.2 Å². The molecule has 0 atom stereocenters. The van der Waals surface area contributed by atoms with Gasteiger partial charge in [0.25, 0.3) is 0 Å². The van der Waals surface area contributed by atoms with Crippen LogP contribution in [-0.4, -0.2) is 23.4 Å². The van der Waals surface area contributed by atoms with Crippen LogP contribution < -0.4 is 4.74 Å². The van der Waals surface area contributed by atoms with E-state index in [0.29, 0.717) is 29.2 Å². The van der Waals surface area contributed by atoms with Gasteiger partial charge in [-0.25, -0.2) is 14.4 Å². The summed E-state index contributed by atoms with van der Waals surface area (Å²) in [6.45, 7) is 0. The molecule has 0 aliphatic heterocycles. The van der Waals surface area contributed by atoms with Crippen LogP contribution in [0.25, 0.3) is 0 Å². The Morgan fingerprint density at radius 1 is 1.39 bits per heavy atom. The van der Waals surface area contributed by atoms with E-state index in [1.54, 1.807) is 0 Å². The van der Waals surface area contributed by atoms with Crippen LogP contribution in [0.1, 0.15) is 20.2 Å². The van der Waals surface area contributed by atoms with E-state index in [1.165, 1.54) is 30.7 Å². The number of nitrogens with zero attached hydrogens (tertiary/aromatic N) is 2. The maximum absolute atomic E-state index is 13.1. The molecule has 0 fully saturated rings. The molecule has 6 heteroatoms. The number of pyridine rings is 1. The topological polar surface area (TPSA) is 52.1 Å². The van der Waals surface area contributed by atoms with E-state index in [9.17, 15) is 9.18 Å². The molecule has 0 unspecified atom stereocenters. The Kier molecular flexibility index (Phi) is 3.99. The van der Waals surface area contributed by atoms with E-state index in [-0.39, 0.29) is 0 Å². The van der Waals surface area contributed by atoms with Gasteiger partial charge in [0.1, 0.15) is 5.82 Å². The number of thiazole rings is 1. The third-order valence-corrected chi connectivity index (χ3v) is 3.36. The largest absolute Gasteiger partial charge is 0.481 e. The molecule has 94 valence electrons. The lowest BCUT2D eigenvalue weighted by molar-refractivity contribution is 0.112. The lowest BCUT2D eigenvalue weighted by Crippen LogP contribution is -1.98. The molecule has 0 saturated carbocycles. The predicted octanol–water partition coefficient (Wildman–Crippen LogP) is 2.28. The number of methoxy groups -OCH3 is 1. The van der Waals surface area contributed by atoms with Gasteiger partial charge in [-0.3, -0.25) is 4.79 Å². The molecular formula is C12H11FN2O2S. The summed E-state index contributed by atoms with van der Waals surface area (Å²) in [6, 6.07) is 1.40. The number of aldehydes is 1. The Morgan fingerprint density at radius 3 is 2.89 bits per heavy atom. The number of rotatable bonds is 5. The van der Waals surface area contributed by atoms with Gasteiger partial charge in [0.05, 0.1) is 23.2 Å². The number of aromatic nitrogens is 2. The molecular weight excluding hydrogens is 255 g/mol. The van der Waals surface area contributed by atoms with Gasteiger partial charge in [-0.15, -0.1) is 11.3 Å². The molecule has 0 aliphatic carbocycles. The van der Waals surface area contributed by atoms with E-state index >= 15 is 0 Å². The molecule has 0 bridgehead atoms. The second kappa shape index (κ2) is 5.68. The van der Waals surface area contributed by atoms with Crippen LogP contribution in [0.5, 0.6) is 5.88 Å². The van der Waals surface area contributed by atoms with E-state index in [4.69, 9.17) is 4.74 Å². The van der Waals surface area contributed by atoms with Crippen molar-refractivity contribution in [3.05, 3.63) is 39.7 Å². The average molecular weight is 266 g/mol. The zero-order valence-corrected chi connectivity index (χ0v) is 10.5. The van der Waals surface area contributed by atoms with Crippen molar-refractivity contribution >= 4 is 17.6 Å². The molecule has 18 heavy (non-hydrogen) atoms.